The Morgan fingerprint density at radius 1 is 0.643 bits per heavy atom. The number of halogens is 5. The third kappa shape index (κ3) is 1.54. The van der Waals surface area contributed by atoms with Gasteiger partial charge in [0, 0.05) is 5.19 Å². The molecule has 0 aliphatic heterocycles. The predicted molar refractivity (Wildman–Crippen MR) is 44.7 cm³/mol. The molecule has 0 saturated heterocycles. The topological polar surface area (TPSA) is 0 Å². The summed E-state index contributed by atoms with van der Waals surface area (Å²) in [7, 11) is -2.08. The van der Waals surface area contributed by atoms with Crippen molar-refractivity contribution in [1.82, 2.24) is 0 Å². The second-order valence-electron chi connectivity index (χ2n) is 3.14. The molecule has 0 saturated carbocycles. The minimum atomic E-state index is -2.10. The highest BCUT2D eigenvalue weighted by atomic mass is 28.3. The average molecular weight is 226 g/mol. The Bertz CT molecular complexity index is 345. The van der Waals surface area contributed by atoms with Gasteiger partial charge in [-0.2, -0.15) is 0 Å². The summed E-state index contributed by atoms with van der Waals surface area (Å²) in [6.45, 7) is 2.97. The summed E-state index contributed by atoms with van der Waals surface area (Å²) in [5.41, 5.74) is 0. The maximum atomic E-state index is 13.0. The van der Waals surface area contributed by atoms with Crippen LogP contribution in [0.1, 0.15) is 0 Å². The second-order valence-corrected chi connectivity index (χ2v) is 6.03. The first kappa shape index (κ1) is 11.2. The molecule has 0 N–H and O–H groups in total. The van der Waals surface area contributed by atoms with Crippen molar-refractivity contribution in [3.8, 4) is 0 Å². The smallest absolute Gasteiger partial charge is 0.200 e. The van der Waals surface area contributed by atoms with Crippen LogP contribution in [0.2, 0.25) is 13.1 Å². The molecule has 0 amide bonds. The van der Waals surface area contributed by atoms with Gasteiger partial charge in [0.25, 0.3) is 0 Å². The third-order valence-electron chi connectivity index (χ3n) is 1.82. The molecule has 14 heavy (non-hydrogen) atoms. The fourth-order valence-corrected chi connectivity index (χ4v) is 2.40. The molecule has 0 nitrogen and oxygen atoms in total. The summed E-state index contributed by atoms with van der Waals surface area (Å²) in [5.74, 6) is -9.20. The number of hydrogen-bond acceptors (Lipinski definition) is 0. The zero-order chi connectivity index (χ0) is 11.0. The van der Waals surface area contributed by atoms with Crippen LogP contribution in [0, 0.1) is 29.1 Å². The quantitative estimate of drug-likeness (QED) is 0.297. The maximum absolute atomic E-state index is 13.0. The van der Waals surface area contributed by atoms with Gasteiger partial charge in [-0.05, 0) is 0 Å². The van der Waals surface area contributed by atoms with E-state index < -0.39 is 43.1 Å². The molecular formula is C8H7F5Si. The molecule has 0 radical (unpaired) electrons. The summed E-state index contributed by atoms with van der Waals surface area (Å²) < 4.78 is 63.7. The molecule has 1 aromatic carbocycles. The van der Waals surface area contributed by atoms with E-state index in [-0.39, 0.29) is 0 Å². The highest BCUT2D eigenvalue weighted by Gasteiger charge is 2.26. The minimum Gasteiger partial charge on any atom is -0.204 e. The standard InChI is InChI=1S/C8H7F5Si/c1-14(2)8-6(12)4(10)3(9)5(11)7(8)13/h14H,1-2H3. The van der Waals surface area contributed by atoms with Crippen LogP contribution in [-0.4, -0.2) is 8.80 Å². The van der Waals surface area contributed by atoms with Crippen LogP contribution in [-0.2, 0) is 0 Å². The Hall–Kier alpha value is -0.913. The van der Waals surface area contributed by atoms with E-state index in [2.05, 4.69) is 0 Å². The molecule has 0 atom stereocenters. The van der Waals surface area contributed by atoms with Gasteiger partial charge in [0.1, 0.15) is 0 Å². The number of hydrogen-bond donors (Lipinski definition) is 0. The van der Waals surface area contributed by atoms with Crippen LogP contribution >= 0.6 is 0 Å². The molecule has 0 fully saturated rings. The molecule has 0 spiro atoms. The molecule has 1 aromatic rings. The van der Waals surface area contributed by atoms with Crippen molar-refractivity contribution in [3.05, 3.63) is 29.1 Å². The van der Waals surface area contributed by atoms with Crippen molar-refractivity contribution < 1.29 is 22.0 Å². The van der Waals surface area contributed by atoms with Gasteiger partial charge in [0.05, 0.1) is 8.80 Å². The van der Waals surface area contributed by atoms with E-state index in [1.807, 2.05) is 0 Å². The van der Waals surface area contributed by atoms with E-state index in [4.69, 9.17) is 0 Å². The van der Waals surface area contributed by atoms with E-state index in [9.17, 15) is 22.0 Å². The van der Waals surface area contributed by atoms with Crippen LogP contribution in [0.4, 0.5) is 22.0 Å². The molecule has 78 valence electrons. The van der Waals surface area contributed by atoms with E-state index >= 15 is 0 Å². The molecule has 0 aliphatic rings. The predicted octanol–water partition coefficient (Wildman–Crippen LogP) is 2.08. The lowest BCUT2D eigenvalue weighted by atomic mass is 10.3. The second kappa shape index (κ2) is 3.68. The Kier molecular flexibility index (Phi) is 2.94. The fourth-order valence-electron chi connectivity index (χ4n) is 1.13. The first-order valence-corrected chi connectivity index (χ1v) is 6.78. The van der Waals surface area contributed by atoms with Crippen molar-refractivity contribution in [2.45, 2.75) is 13.1 Å². The Balaban J connectivity index is 3.60. The lowest BCUT2D eigenvalue weighted by Crippen LogP contribution is -2.33. The number of benzene rings is 1. The van der Waals surface area contributed by atoms with Gasteiger partial charge < -0.3 is 0 Å². The molecular weight excluding hydrogens is 219 g/mol. The summed E-state index contributed by atoms with van der Waals surface area (Å²) in [5, 5.41) is -0.638. The van der Waals surface area contributed by atoms with Gasteiger partial charge in [-0.25, -0.2) is 22.0 Å². The monoisotopic (exact) mass is 226 g/mol. The highest BCUT2D eigenvalue weighted by Crippen LogP contribution is 2.16. The fraction of sp³-hybridized carbons (Fsp3) is 0.250. The van der Waals surface area contributed by atoms with Crippen LogP contribution in [0.15, 0.2) is 0 Å². The minimum absolute atomic E-state index is 0.638. The Morgan fingerprint density at radius 2 is 0.929 bits per heavy atom. The summed E-state index contributed by atoms with van der Waals surface area (Å²) in [4.78, 5) is 0. The Labute approximate surface area is 79.0 Å². The molecule has 0 aliphatic carbocycles. The summed E-state index contributed by atoms with van der Waals surface area (Å²) >= 11 is 0. The van der Waals surface area contributed by atoms with Crippen molar-refractivity contribution in [2.75, 3.05) is 0 Å². The van der Waals surface area contributed by atoms with Crippen molar-refractivity contribution in [2.24, 2.45) is 0 Å². The number of rotatable bonds is 1. The highest BCUT2D eigenvalue weighted by molar-refractivity contribution is 6.70. The molecule has 0 aromatic heterocycles. The maximum Gasteiger partial charge on any atom is 0.200 e. The van der Waals surface area contributed by atoms with Gasteiger partial charge in [-0.3, -0.25) is 0 Å². The SMILES string of the molecule is C[SiH](C)c1c(F)c(F)c(F)c(F)c1F. The molecule has 0 unspecified atom stereocenters. The van der Waals surface area contributed by atoms with Crippen molar-refractivity contribution in [3.63, 3.8) is 0 Å². The van der Waals surface area contributed by atoms with E-state index in [1.165, 1.54) is 13.1 Å². The molecule has 0 bridgehead atoms. The van der Waals surface area contributed by atoms with Crippen LogP contribution in [0.3, 0.4) is 0 Å². The third-order valence-corrected chi connectivity index (χ3v) is 3.48. The van der Waals surface area contributed by atoms with E-state index in [1.54, 1.807) is 0 Å². The first-order chi connectivity index (χ1) is 6.37. The van der Waals surface area contributed by atoms with Gasteiger partial charge in [-0.1, -0.05) is 13.1 Å². The lowest BCUT2D eigenvalue weighted by molar-refractivity contribution is 0.384. The normalized spacial score (nSPS) is 11.1. The van der Waals surface area contributed by atoms with Crippen LogP contribution in [0.5, 0.6) is 0 Å². The van der Waals surface area contributed by atoms with Gasteiger partial charge >= 0.3 is 0 Å². The lowest BCUT2D eigenvalue weighted by Gasteiger charge is -2.09. The summed E-state index contributed by atoms with van der Waals surface area (Å²) in [6, 6.07) is 0. The van der Waals surface area contributed by atoms with Crippen molar-refractivity contribution >= 4 is 14.0 Å². The zero-order valence-electron chi connectivity index (χ0n) is 7.47. The Morgan fingerprint density at radius 3 is 1.21 bits per heavy atom. The van der Waals surface area contributed by atoms with Crippen LogP contribution < -0.4 is 5.19 Å². The molecule has 1 rings (SSSR count). The van der Waals surface area contributed by atoms with Crippen molar-refractivity contribution in [1.29, 1.82) is 0 Å². The largest absolute Gasteiger partial charge is 0.204 e. The zero-order valence-corrected chi connectivity index (χ0v) is 8.62. The summed E-state index contributed by atoms with van der Waals surface area (Å²) in [6.07, 6.45) is 0. The van der Waals surface area contributed by atoms with E-state index in [0.717, 1.165) is 0 Å². The van der Waals surface area contributed by atoms with Gasteiger partial charge in [-0.15, -0.1) is 0 Å². The van der Waals surface area contributed by atoms with Crippen LogP contribution in [0.25, 0.3) is 0 Å². The van der Waals surface area contributed by atoms with Gasteiger partial charge in [0.2, 0.25) is 5.82 Å². The van der Waals surface area contributed by atoms with Gasteiger partial charge in [0.15, 0.2) is 23.3 Å². The average Bonchev–Trinajstić information content (AvgIpc) is 2.11. The molecule has 0 heterocycles. The first-order valence-electron chi connectivity index (χ1n) is 3.89. The van der Waals surface area contributed by atoms with E-state index in [0.29, 0.717) is 0 Å². The molecule has 6 heteroatoms.